The van der Waals surface area contributed by atoms with E-state index < -0.39 is 23.6 Å². The van der Waals surface area contributed by atoms with E-state index in [1.54, 1.807) is 36.4 Å². The Morgan fingerprint density at radius 2 is 1.70 bits per heavy atom. The molecule has 4 rings (SSSR count). The van der Waals surface area contributed by atoms with Crippen LogP contribution >= 0.6 is 0 Å². The van der Waals surface area contributed by atoms with Gasteiger partial charge in [0.25, 0.3) is 0 Å². The Kier molecular flexibility index (Phi) is 5.54. The number of rotatable bonds is 4. The van der Waals surface area contributed by atoms with E-state index >= 15 is 0 Å². The Morgan fingerprint density at radius 3 is 2.36 bits per heavy atom. The molecule has 33 heavy (non-hydrogen) atoms. The largest absolute Gasteiger partial charge is 0.494 e. The van der Waals surface area contributed by atoms with Crippen molar-refractivity contribution in [2.45, 2.75) is 6.18 Å². The average molecular weight is 460 g/mol. The van der Waals surface area contributed by atoms with Crippen molar-refractivity contribution in [2.24, 2.45) is 0 Å². The number of nitrogens with one attached hydrogen (secondary N) is 2. The van der Waals surface area contributed by atoms with Crippen LogP contribution in [-0.2, 0) is 6.18 Å². The lowest BCUT2D eigenvalue weighted by Crippen LogP contribution is -2.20. The molecule has 0 spiro atoms. The molecule has 11 heteroatoms. The summed E-state index contributed by atoms with van der Waals surface area (Å²) in [6, 6.07) is 11.5. The number of benzene rings is 3. The lowest BCUT2D eigenvalue weighted by Gasteiger charge is -2.12. The van der Waals surface area contributed by atoms with Crippen LogP contribution in [0.1, 0.15) is 5.56 Å². The van der Waals surface area contributed by atoms with Gasteiger partial charge < -0.3 is 25.6 Å². The van der Waals surface area contributed by atoms with Gasteiger partial charge in [-0.15, -0.1) is 0 Å². The average Bonchev–Trinajstić information content (AvgIpc) is 3.16. The molecule has 0 atom stereocenters. The van der Waals surface area contributed by atoms with Crippen molar-refractivity contribution < 1.29 is 31.6 Å². The second kappa shape index (κ2) is 8.34. The molecule has 4 N–H and O–H groups in total. The molecule has 0 saturated carbocycles. The zero-order chi connectivity index (χ0) is 23.8. The predicted molar refractivity (Wildman–Crippen MR) is 114 cm³/mol. The van der Waals surface area contributed by atoms with Crippen LogP contribution in [0.15, 0.2) is 59.1 Å². The Bertz CT molecular complexity index is 1330. The van der Waals surface area contributed by atoms with E-state index in [1.165, 1.54) is 7.11 Å². The molecule has 0 bridgehead atoms. The van der Waals surface area contributed by atoms with Gasteiger partial charge in [0, 0.05) is 11.4 Å². The molecule has 0 unspecified atom stereocenters. The van der Waals surface area contributed by atoms with Crippen LogP contribution in [0.25, 0.3) is 22.0 Å². The summed E-state index contributed by atoms with van der Waals surface area (Å²) in [5, 5.41) is 9.24. The third-order valence-electron chi connectivity index (χ3n) is 4.83. The van der Waals surface area contributed by atoms with Crippen LogP contribution in [0.3, 0.4) is 0 Å². The molecule has 0 saturated heterocycles. The standard InChI is InChI=1S/C22H16F4N4O3/c1-32-17-9-7-14(18-19(17)30-33-20(18)27)11-2-4-12(5-3-11)28-21(31)29-13-6-8-16(23)15(10-13)22(24,25)26/h2-10H,27H2,1H3,(H2,28,29,31). The van der Waals surface area contributed by atoms with Gasteiger partial charge in [0.05, 0.1) is 18.1 Å². The molecule has 7 nitrogen and oxygen atoms in total. The summed E-state index contributed by atoms with van der Waals surface area (Å²) in [6.07, 6.45) is -4.88. The lowest BCUT2D eigenvalue weighted by atomic mass is 10.0. The SMILES string of the molecule is COc1ccc(-c2ccc(NC(=O)Nc3ccc(F)c(C(F)(F)F)c3)cc2)c2c(N)onc12. The minimum atomic E-state index is -4.88. The number of hydrogen-bond donors (Lipinski definition) is 3. The van der Waals surface area contributed by atoms with E-state index in [-0.39, 0.29) is 11.6 Å². The van der Waals surface area contributed by atoms with Crippen LogP contribution in [0.2, 0.25) is 0 Å². The number of amides is 2. The molecule has 0 fully saturated rings. The molecular formula is C22H16F4N4O3. The number of nitrogen functional groups attached to an aromatic ring is 1. The van der Waals surface area contributed by atoms with Crippen molar-refractivity contribution in [3.05, 3.63) is 66.0 Å². The number of anilines is 3. The monoisotopic (exact) mass is 460 g/mol. The molecule has 4 aromatic rings. The van der Waals surface area contributed by atoms with Crippen LogP contribution in [0.5, 0.6) is 5.75 Å². The fraction of sp³-hybridized carbons (Fsp3) is 0.0909. The summed E-state index contributed by atoms with van der Waals surface area (Å²) in [4.78, 5) is 12.2. The number of fused-ring (bicyclic) bond motifs is 1. The van der Waals surface area contributed by atoms with Gasteiger partial charge in [0.15, 0.2) is 5.52 Å². The minimum Gasteiger partial charge on any atom is -0.494 e. The highest BCUT2D eigenvalue weighted by molar-refractivity contribution is 6.04. The second-order valence-corrected chi connectivity index (χ2v) is 6.93. The maximum atomic E-state index is 13.4. The molecule has 170 valence electrons. The highest BCUT2D eigenvalue weighted by Crippen LogP contribution is 2.38. The number of urea groups is 1. The summed E-state index contributed by atoms with van der Waals surface area (Å²) in [5.41, 5.74) is 6.55. The molecule has 0 aliphatic carbocycles. The molecule has 0 aliphatic rings. The molecule has 2 amide bonds. The van der Waals surface area contributed by atoms with Crippen molar-refractivity contribution in [1.29, 1.82) is 0 Å². The van der Waals surface area contributed by atoms with E-state index in [9.17, 15) is 22.4 Å². The maximum Gasteiger partial charge on any atom is 0.419 e. The van der Waals surface area contributed by atoms with Gasteiger partial charge in [-0.05, 0) is 53.6 Å². The number of aromatic nitrogens is 1. The zero-order valence-electron chi connectivity index (χ0n) is 17.0. The number of halogens is 4. The van der Waals surface area contributed by atoms with Crippen LogP contribution in [0.4, 0.5) is 39.6 Å². The molecule has 1 aromatic heterocycles. The fourth-order valence-corrected chi connectivity index (χ4v) is 3.30. The number of nitrogens with zero attached hydrogens (tertiary/aromatic N) is 1. The summed E-state index contributed by atoms with van der Waals surface area (Å²) < 4.78 is 62.3. The summed E-state index contributed by atoms with van der Waals surface area (Å²) in [7, 11) is 1.50. The zero-order valence-corrected chi connectivity index (χ0v) is 17.0. The van der Waals surface area contributed by atoms with Gasteiger partial charge in [-0.25, -0.2) is 9.18 Å². The molecule has 0 aliphatic heterocycles. The first-order valence-corrected chi connectivity index (χ1v) is 9.44. The number of methoxy groups -OCH3 is 1. The highest BCUT2D eigenvalue weighted by Gasteiger charge is 2.34. The van der Waals surface area contributed by atoms with Crippen molar-refractivity contribution in [2.75, 3.05) is 23.5 Å². The van der Waals surface area contributed by atoms with E-state index in [1.807, 2.05) is 0 Å². The van der Waals surface area contributed by atoms with Crippen molar-refractivity contribution in [3.63, 3.8) is 0 Å². The molecule has 3 aromatic carbocycles. The van der Waals surface area contributed by atoms with Gasteiger partial charge >= 0.3 is 12.2 Å². The van der Waals surface area contributed by atoms with Crippen LogP contribution in [0, 0.1) is 5.82 Å². The van der Waals surface area contributed by atoms with Crippen molar-refractivity contribution in [1.82, 2.24) is 5.16 Å². The highest BCUT2D eigenvalue weighted by atomic mass is 19.4. The van der Waals surface area contributed by atoms with Gasteiger partial charge in [0.1, 0.15) is 11.6 Å². The maximum absolute atomic E-state index is 13.4. The molecule has 0 radical (unpaired) electrons. The van der Waals surface area contributed by atoms with E-state index in [0.717, 1.165) is 17.2 Å². The van der Waals surface area contributed by atoms with E-state index in [0.29, 0.717) is 34.5 Å². The third kappa shape index (κ3) is 4.38. The Hall–Kier alpha value is -4.28. The first-order valence-electron chi connectivity index (χ1n) is 9.44. The quantitative estimate of drug-likeness (QED) is 0.330. The van der Waals surface area contributed by atoms with Crippen molar-refractivity contribution in [3.8, 4) is 16.9 Å². The van der Waals surface area contributed by atoms with E-state index in [4.69, 9.17) is 15.0 Å². The van der Waals surface area contributed by atoms with Gasteiger partial charge in [0.2, 0.25) is 5.88 Å². The topological polar surface area (TPSA) is 102 Å². The van der Waals surface area contributed by atoms with Gasteiger partial charge in [-0.3, -0.25) is 0 Å². The first kappa shape index (κ1) is 21.9. The van der Waals surface area contributed by atoms with Crippen molar-refractivity contribution >= 4 is 34.2 Å². The predicted octanol–water partition coefficient (Wildman–Crippen LogP) is 5.89. The van der Waals surface area contributed by atoms with E-state index in [2.05, 4.69) is 15.8 Å². The van der Waals surface area contributed by atoms with Crippen LogP contribution < -0.4 is 21.1 Å². The van der Waals surface area contributed by atoms with Crippen LogP contribution in [-0.4, -0.2) is 18.3 Å². The fourth-order valence-electron chi connectivity index (χ4n) is 3.30. The molecular weight excluding hydrogens is 444 g/mol. The number of carbonyl (C=O) groups is 1. The summed E-state index contributed by atoms with van der Waals surface area (Å²) in [5.74, 6) is -0.804. The Labute approximate surface area is 184 Å². The van der Waals surface area contributed by atoms with Gasteiger partial charge in [-0.1, -0.05) is 17.3 Å². The smallest absolute Gasteiger partial charge is 0.419 e. The number of nitrogens with two attached hydrogens (primary N) is 1. The first-order chi connectivity index (χ1) is 15.7. The second-order valence-electron chi connectivity index (χ2n) is 6.93. The minimum absolute atomic E-state index is 0.123. The third-order valence-corrected chi connectivity index (χ3v) is 4.83. The summed E-state index contributed by atoms with van der Waals surface area (Å²) >= 11 is 0. The number of carbonyl (C=O) groups excluding carboxylic acids is 1. The number of hydrogen-bond acceptors (Lipinski definition) is 5. The number of alkyl halides is 3. The summed E-state index contributed by atoms with van der Waals surface area (Å²) in [6.45, 7) is 0. The number of ether oxygens (including phenoxy) is 1. The Balaban J connectivity index is 1.52. The Morgan fingerprint density at radius 1 is 1.03 bits per heavy atom. The van der Waals surface area contributed by atoms with Gasteiger partial charge in [-0.2, -0.15) is 13.2 Å². The molecule has 1 heterocycles. The lowest BCUT2D eigenvalue weighted by molar-refractivity contribution is -0.139. The normalized spacial score (nSPS) is 11.4.